The number of furan rings is 1. The molecule has 3 rings (SSSR count). The molecule has 0 saturated carbocycles. The van der Waals surface area contributed by atoms with E-state index in [0.29, 0.717) is 19.5 Å². The van der Waals surface area contributed by atoms with E-state index in [4.69, 9.17) is 4.42 Å². The van der Waals surface area contributed by atoms with E-state index in [1.165, 1.54) is 6.26 Å². The van der Waals surface area contributed by atoms with Crippen LogP contribution >= 0.6 is 13.5 Å². The average Bonchev–Trinajstić information content (AvgIpc) is 3.37. The number of Topliss-reactive ketones (excluding diaryl/α,β-unsaturated/α-hetero) is 1. The number of carbonyl (C=O) groups is 2. The van der Waals surface area contributed by atoms with Crippen LogP contribution in [0, 0.1) is 5.92 Å². The molecule has 2 heterocycles. The Morgan fingerprint density at radius 3 is 2.63 bits per heavy atom. The number of aryl methyl sites for hydroxylation is 1. The van der Waals surface area contributed by atoms with Crippen molar-refractivity contribution < 1.29 is 14.0 Å². The number of hydrogen-bond donors (Lipinski definition) is 1. The standard InChI is InChI=1S/C20H21N3O3.H2S/c24-18(19-7-4-12-26-19)13-17(8-10-23-11-9-21-15-23)20(25)22-14-16-5-2-1-3-6-16;/h1-7,9,11-12,15,17H,8,10,13-14H2,(H,22,25);1H2/t17-;/m1./s1. The topological polar surface area (TPSA) is 77.1 Å². The van der Waals surface area contributed by atoms with E-state index in [9.17, 15) is 9.59 Å². The molecule has 2 aromatic heterocycles. The lowest BCUT2D eigenvalue weighted by atomic mass is 9.96. The zero-order valence-corrected chi connectivity index (χ0v) is 15.9. The molecule has 6 nitrogen and oxygen atoms in total. The first-order valence-electron chi connectivity index (χ1n) is 8.56. The van der Waals surface area contributed by atoms with Crippen LogP contribution in [0.1, 0.15) is 29.0 Å². The Hall–Kier alpha value is -2.80. The molecule has 7 heteroatoms. The minimum absolute atomic E-state index is 0. The summed E-state index contributed by atoms with van der Waals surface area (Å²) in [7, 11) is 0. The Kier molecular flexibility index (Phi) is 7.88. The fraction of sp³-hybridized carbons (Fsp3) is 0.250. The van der Waals surface area contributed by atoms with Crippen LogP contribution < -0.4 is 5.32 Å². The smallest absolute Gasteiger partial charge is 0.223 e. The summed E-state index contributed by atoms with van der Waals surface area (Å²) in [5, 5.41) is 2.93. The van der Waals surface area contributed by atoms with Gasteiger partial charge in [0.1, 0.15) is 0 Å². The van der Waals surface area contributed by atoms with Crippen molar-refractivity contribution in [3.8, 4) is 0 Å². The molecular formula is C20H23N3O3S. The van der Waals surface area contributed by atoms with E-state index in [-0.39, 0.29) is 37.4 Å². The highest BCUT2D eigenvalue weighted by Crippen LogP contribution is 2.16. The molecule has 0 aliphatic carbocycles. The van der Waals surface area contributed by atoms with Gasteiger partial charge in [-0.15, -0.1) is 0 Å². The van der Waals surface area contributed by atoms with Gasteiger partial charge in [-0.1, -0.05) is 30.3 Å². The maximum atomic E-state index is 12.7. The summed E-state index contributed by atoms with van der Waals surface area (Å²) in [4.78, 5) is 29.0. The van der Waals surface area contributed by atoms with Crippen LogP contribution in [-0.2, 0) is 17.9 Å². The summed E-state index contributed by atoms with van der Waals surface area (Å²) < 4.78 is 7.06. The minimum Gasteiger partial charge on any atom is -0.461 e. The number of benzene rings is 1. The second-order valence-electron chi connectivity index (χ2n) is 6.09. The number of carbonyl (C=O) groups excluding carboxylic acids is 2. The highest BCUT2D eigenvalue weighted by molar-refractivity contribution is 7.59. The molecule has 1 atom stereocenters. The van der Waals surface area contributed by atoms with E-state index in [2.05, 4.69) is 10.3 Å². The molecule has 0 radical (unpaired) electrons. The Morgan fingerprint density at radius 1 is 1.15 bits per heavy atom. The van der Waals surface area contributed by atoms with Crippen molar-refractivity contribution in [2.24, 2.45) is 5.92 Å². The molecule has 1 N–H and O–H groups in total. The SMILES string of the molecule is O=C(C[C@@H](CCn1ccnc1)C(=O)NCc1ccccc1)c1ccco1.S. The first kappa shape index (κ1) is 20.5. The monoisotopic (exact) mass is 385 g/mol. The maximum absolute atomic E-state index is 12.7. The van der Waals surface area contributed by atoms with Crippen molar-refractivity contribution in [2.75, 3.05) is 0 Å². The predicted molar refractivity (Wildman–Crippen MR) is 107 cm³/mol. The predicted octanol–water partition coefficient (Wildman–Crippen LogP) is 3.18. The minimum atomic E-state index is -0.432. The van der Waals surface area contributed by atoms with Crippen LogP contribution in [0.4, 0.5) is 0 Å². The largest absolute Gasteiger partial charge is 0.461 e. The number of amides is 1. The van der Waals surface area contributed by atoms with Crippen LogP contribution in [0.2, 0.25) is 0 Å². The van der Waals surface area contributed by atoms with Crippen molar-refractivity contribution in [2.45, 2.75) is 25.9 Å². The highest BCUT2D eigenvalue weighted by atomic mass is 32.1. The number of hydrogen-bond acceptors (Lipinski definition) is 4. The van der Waals surface area contributed by atoms with Crippen molar-refractivity contribution in [1.29, 1.82) is 0 Å². The van der Waals surface area contributed by atoms with E-state index >= 15 is 0 Å². The summed E-state index contributed by atoms with van der Waals surface area (Å²) in [6.45, 7) is 1.06. The second kappa shape index (κ2) is 10.4. The molecule has 0 spiro atoms. The number of rotatable bonds is 9. The Balaban J connectivity index is 0.00000261. The van der Waals surface area contributed by atoms with Gasteiger partial charge in [-0.3, -0.25) is 9.59 Å². The lowest BCUT2D eigenvalue weighted by Crippen LogP contribution is -2.32. The Bertz CT molecular complexity index is 818. The number of imidazole rings is 1. The molecule has 142 valence electrons. The molecule has 0 aliphatic rings. The normalized spacial score (nSPS) is 11.4. The second-order valence-corrected chi connectivity index (χ2v) is 6.09. The van der Waals surface area contributed by atoms with E-state index in [1.807, 2.05) is 41.1 Å². The lowest BCUT2D eigenvalue weighted by Gasteiger charge is -2.16. The molecular weight excluding hydrogens is 362 g/mol. The van der Waals surface area contributed by atoms with Crippen LogP contribution in [-0.4, -0.2) is 21.2 Å². The molecule has 27 heavy (non-hydrogen) atoms. The number of nitrogens with zero attached hydrogens (tertiary/aromatic N) is 2. The van der Waals surface area contributed by atoms with Gasteiger partial charge >= 0.3 is 0 Å². The van der Waals surface area contributed by atoms with Gasteiger partial charge in [0.25, 0.3) is 0 Å². The zero-order chi connectivity index (χ0) is 18.2. The summed E-state index contributed by atoms with van der Waals surface area (Å²) >= 11 is 0. The summed E-state index contributed by atoms with van der Waals surface area (Å²) in [5.41, 5.74) is 1.02. The van der Waals surface area contributed by atoms with Gasteiger partial charge in [-0.2, -0.15) is 13.5 Å². The Morgan fingerprint density at radius 2 is 1.96 bits per heavy atom. The summed E-state index contributed by atoms with van der Waals surface area (Å²) in [5.74, 6) is -0.443. The van der Waals surface area contributed by atoms with Crippen molar-refractivity contribution in [1.82, 2.24) is 14.9 Å². The third kappa shape index (κ3) is 6.14. The van der Waals surface area contributed by atoms with Crippen LogP contribution in [0.15, 0.2) is 71.9 Å². The van der Waals surface area contributed by atoms with Gasteiger partial charge in [0, 0.05) is 37.8 Å². The van der Waals surface area contributed by atoms with Crippen LogP contribution in [0.3, 0.4) is 0 Å². The molecule has 0 unspecified atom stereocenters. The molecule has 1 aromatic carbocycles. The van der Waals surface area contributed by atoms with Gasteiger partial charge in [-0.05, 0) is 24.1 Å². The maximum Gasteiger partial charge on any atom is 0.223 e. The summed E-state index contributed by atoms with van der Waals surface area (Å²) in [6.07, 6.45) is 7.36. The third-order valence-electron chi connectivity index (χ3n) is 4.20. The first-order chi connectivity index (χ1) is 12.7. The van der Waals surface area contributed by atoms with Gasteiger partial charge in [0.2, 0.25) is 5.91 Å². The fourth-order valence-electron chi connectivity index (χ4n) is 2.74. The number of nitrogens with one attached hydrogen (secondary N) is 1. The Labute approximate surface area is 165 Å². The number of ketones is 1. The van der Waals surface area contributed by atoms with E-state index in [0.717, 1.165) is 5.56 Å². The van der Waals surface area contributed by atoms with Crippen molar-refractivity contribution >= 4 is 25.2 Å². The molecule has 0 saturated heterocycles. The van der Waals surface area contributed by atoms with Crippen molar-refractivity contribution in [3.05, 3.63) is 78.8 Å². The van der Waals surface area contributed by atoms with Gasteiger partial charge in [-0.25, -0.2) is 4.98 Å². The van der Waals surface area contributed by atoms with E-state index < -0.39 is 5.92 Å². The molecule has 0 aliphatic heterocycles. The summed E-state index contributed by atoms with van der Waals surface area (Å²) in [6, 6.07) is 13.0. The molecule has 3 aromatic rings. The van der Waals surface area contributed by atoms with Crippen molar-refractivity contribution in [3.63, 3.8) is 0 Å². The zero-order valence-electron chi connectivity index (χ0n) is 14.9. The fourth-order valence-corrected chi connectivity index (χ4v) is 2.74. The van der Waals surface area contributed by atoms with E-state index in [1.54, 1.807) is 24.7 Å². The van der Waals surface area contributed by atoms with Gasteiger partial charge in [0.05, 0.1) is 12.6 Å². The molecule has 0 fully saturated rings. The first-order valence-corrected chi connectivity index (χ1v) is 8.56. The van der Waals surface area contributed by atoms with Crippen LogP contribution in [0.25, 0.3) is 0 Å². The van der Waals surface area contributed by atoms with Crippen LogP contribution in [0.5, 0.6) is 0 Å². The van der Waals surface area contributed by atoms with Gasteiger partial charge in [0.15, 0.2) is 11.5 Å². The number of aromatic nitrogens is 2. The molecule has 1 amide bonds. The quantitative estimate of drug-likeness (QED) is 0.574. The molecule has 0 bridgehead atoms. The average molecular weight is 385 g/mol. The lowest BCUT2D eigenvalue weighted by molar-refractivity contribution is -0.125. The third-order valence-corrected chi connectivity index (χ3v) is 4.20. The highest BCUT2D eigenvalue weighted by Gasteiger charge is 2.23. The van der Waals surface area contributed by atoms with Gasteiger partial charge < -0.3 is 14.3 Å².